The van der Waals surface area contributed by atoms with E-state index >= 15 is 0 Å². The number of pyridine rings is 1. The van der Waals surface area contributed by atoms with Gasteiger partial charge in [-0.3, -0.25) is 4.79 Å². The number of carbonyl (C=O) groups is 2. The molecule has 4 aromatic rings. The van der Waals surface area contributed by atoms with Gasteiger partial charge in [-0.05, 0) is 59.6 Å². The Morgan fingerprint density at radius 2 is 1.76 bits per heavy atom. The number of nitrogens with one attached hydrogen (secondary N) is 1. The third kappa shape index (κ3) is 5.07. The first-order valence-electron chi connectivity index (χ1n) is 10.2. The molecule has 33 heavy (non-hydrogen) atoms. The molecule has 0 spiro atoms. The highest BCUT2D eigenvalue weighted by Crippen LogP contribution is 2.30. The Kier molecular flexibility index (Phi) is 6.77. The van der Waals surface area contributed by atoms with E-state index in [9.17, 15) is 9.59 Å². The zero-order valence-corrected chi connectivity index (χ0v) is 20.3. The van der Waals surface area contributed by atoms with Crippen molar-refractivity contribution in [2.45, 2.75) is 13.8 Å². The van der Waals surface area contributed by atoms with Crippen molar-refractivity contribution in [2.75, 3.05) is 11.9 Å². The van der Waals surface area contributed by atoms with E-state index in [-0.39, 0.29) is 0 Å². The fraction of sp³-hybridized carbons (Fsp3) is 0.115. The topological polar surface area (TPSA) is 68.3 Å². The van der Waals surface area contributed by atoms with Gasteiger partial charge in [0, 0.05) is 21.1 Å². The smallest absolute Gasteiger partial charge is 0.339 e. The lowest BCUT2D eigenvalue weighted by molar-refractivity contribution is -0.119. The molecule has 4 rings (SSSR count). The molecular weight excluding hydrogens is 504 g/mol. The van der Waals surface area contributed by atoms with Gasteiger partial charge in [0.1, 0.15) is 0 Å². The lowest BCUT2D eigenvalue weighted by atomic mass is 9.97. The summed E-state index contributed by atoms with van der Waals surface area (Å²) in [6, 6.07) is 20.4. The third-order valence-corrected chi connectivity index (χ3v) is 6.44. The van der Waals surface area contributed by atoms with Crippen LogP contribution in [-0.2, 0) is 9.53 Å². The van der Waals surface area contributed by atoms with Gasteiger partial charge in [0.25, 0.3) is 5.91 Å². The van der Waals surface area contributed by atoms with E-state index in [1.54, 1.807) is 18.2 Å². The number of aromatic nitrogens is 1. The van der Waals surface area contributed by atoms with Crippen molar-refractivity contribution in [1.29, 1.82) is 0 Å². The van der Waals surface area contributed by atoms with Crippen molar-refractivity contribution >= 4 is 56.0 Å². The van der Waals surface area contributed by atoms with Crippen LogP contribution in [0.5, 0.6) is 0 Å². The molecule has 0 radical (unpaired) electrons. The molecule has 0 aliphatic carbocycles. The fourth-order valence-electron chi connectivity index (χ4n) is 3.54. The van der Waals surface area contributed by atoms with Crippen LogP contribution >= 0.6 is 27.5 Å². The monoisotopic (exact) mass is 522 g/mol. The van der Waals surface area contributed by atoms with Gasteiger partial charge in [-0.1, -0.05) is 59.6 Å². The number of halogens is 2. The Labute approximate surface area is 204 Å². The number of aryl methyl sites for hydroxylation is 1. The van der Waals surface area contributed by atoms with E-state index in [0.717, 1.165) is 15.6 Å². The highest BCUT2D eigenvalue weighted by Gasteiger charge is 2.21. The van der Waals surface area contributed by atoms with E-state index in [1.165, 1.54) is 0 Å². The molecule has 0 atom stereocenters. The maximum Gasteiger partial charge on any atom is 0.339 e. The molecule has 1 amide bonds. The molecule has 7 heteroatoms. The molecule has 0 unspecified atom stereocenters. The standard InChI is InChI=1S/C26H20BrClN2O3/c1-15-7-9-17(10-8-15)25-16(2)24(19-5-3-4-6-22(19)30-25)26(32)33-14-23(31)29-18-11-12-20(27)21(28)13-18/h3-13H,14H2,1-2H3,(H,29,31). The van der Waals surface area contributed by atoms with Gasteiger partial charge in [0.05, 0.1) is 21.8 Å². The minimum absolute atomic E-state index is 0.399. The summed E-state index contributed by atoms with van der Waals surface area (Å²) in [7, 11) is 0. The van der Waals surface area contributed by atoms with E-state index in [1.807, 2.05) is 62.4 Å². The molecule has 0 bridgehead atoms. The van der Waals surface area contributed by atoms with Crippen molar-refractivity contribution in [2.24, 2.45) is 0 Å². The molecular formula is C26H20BrClN2O3. The number of ether oxygens (including phenoxy) is 1. The first-order valence-corrected chi connectivity index (χ1v) is 11.4. The summed E-state index contributed by atoms with van der Waals surface area (Å²) >= 11 is 9.37. The van der Waals surface area contributed by atoms with Crippen LogP contribution in [-0.4, -0.2) is 23.5 Å². The molecule has 0 saturated carbocycles. The summed E-state index contributed by atoms with van der Waals surface area (Å²) in [4.78, 5) is 30.3. The number of benzene rings is 3. The van der Waals surface area contributed by atoms with Crippen LogP contribution in [0.15, 0.2) is 71.2 Å². The van der Waals surface area contributed by atoms with Crippen molar-refractivity contribution in [3.8, 4) is 11.3 Å². The third-order valence-electron chi connectivity index (χ3n) is 5.20. The maximum absolute atomic E-state index is 13.1. The van der Waals surface area contributed by atoms with Gasteiger partial charge in [0.15, 0.2) is 6.61 Å². The Hall–Kier alpha value is -3.22. The molecule has 5 nitrogen and oxygen atoms in total. The van der Waals surface area contributed by atoms with Crippen LogP contribution in [0.25, 0.3) is 22.2 Å². The molecule has 0 aliphatic rings. The van der Waals surface area contributed by atoms with Crippen molar-refractivity contribution in [3.63, 3.8) is 0 Å². The van der Waals surface area contributed by atoms with Gasteiger partial charge in [-0.2, -0.15) is 0 Å². The van der Waals surface area contributed by atoms with Crippen LogP contribution < -0.4 is 5.32 Å². The molecule has 0 saturated heterocycles. The highest BCUT2D eigenvalue weighted by molar-refractivity contribution is 9.10. The number of esters is 1. The van der Waals surface area contributed by atoms with Gasteiger partial charge in [-0.25, -0.2) is 9.78 Å². The largest absolute Gasteiger partial charge is 0.452 e. The first-order chi connectivity index (χ1) is 15.8. The number of fused-ring (bicyclic) bond motifs is 1. The van der Waals surface area contributed by atoms with Crippen LogP contribution in [0.4, 0.5) is 5.69 Å². The number of amides is 1. The number of anilines is 1. The average Bonchev–Trinajstić information content (AvgIpc) is 2.80. The molecule has 1 aromatic heterocycles. The van der Waals surface area contributed by atoms with Gasteiger partial charge in [-0.15, -0.1) is 0 Å². The summed E-state index contributed by atoms with van der Waals surface area (Å²) in [5.41, 5.74) is 5.03. The number of rotatable bonds is 5. The van der Waals surface area contributed by atoms with Crippen LogP contribution in [0.1, 0.15) is 21.5 Å². The summed E-state index contributed by atoms with van der Waals surface area (Å²) in [6.45, 7) is 3.43. The summed E-state index contributed by atoms with van der Waals surface area (Å²) < 4.78 is 6.11. The van der Waals surface area contributed by atoms with E-state index < -0.39 is 18.5 Å². The number of carbonyl (C=O) groups excluding carboxylic acids is 2. The second-order valence-corrected chi connectivity index (χ2v) is 8.86. The molecule has 1 heterocycles. The Bertz CT molecular complexity index is 1370. The normalized spacial score (nSPS) is 10.8. The number of hydrogen-bond acceptors (Lipinski definition) is 4. The molecule has 3 aromatic carbocycles. The SMILES string of the molecule is Cc1ccc(-c2nc3ccccc3c(C(=O)OCC(=O)Nc3ccc(Br)c(Cl)c3)c2C)cc1. The van der Waals surface area contributed by atoms with E-state index in [0.29, 0.717) is 38.4 Å². The molecule has 166 valence electrons. The van der Waals surface area contributed by atoms with Crippen LogP contribution in [0, 0.1) is 13.8 Å². The van der Waals surface area contributed by atoms with Gasteiger partial charge < -0.3 is 10.1 Å². The van der Waals surface area contributed by atoms with E-state index in [4.69, 9.17) is 21.3 Å². The zero-order chi connectivity index (χ0) is 23.5. The number of nitrogens with zero attached hydrogens (tertiary/aromatic N) is 1. The molecule has 0 fully saturated rings. The Morgan fingerprint density at radius 1 is 1.03 bits per heavy atom. The van der Waals surface area contributed by atoms with Crippen LogP contribution in [0.2, 0.25) is 5.02 Å². The summed E-state index contributed by atoms with van der Waals surface area (Å²) in [5, 5.41) is 3.82. The summed E-state index contributed by atoms with van der Waals surface area (Å²) in [6.07, 6.45) is 0. The lowest BCUT2D eigenvalue weighted by Gasteiger charge is -2.14. The molecule has 1 N–H and O–H groups in total. The Morgan fingerprint density at radius 3 is 2.48 bits per heavy atom. The highest BCUT2D eigenvalue weighted by atomic mass is 79.9. The average molecular weight is 524 g/mol. The van der Waals surface area contributed by atoms with Crippen LogP contribution in [0.3, 0.4) is 0 Å². The minimum atomic E-state index is -0.580. The maximum atomic E-state index is 13.1. The first kappa shape index (κ1) is 23.0. The minimum Gasteiger partial charge on any atom is -0.452 e. The van der Waals surface area contributed by atoms with Crippen molar-refractivity contribution in [3.05, 3.63) is 92.9 Å². The zero-order valence-electron chi connectivity index (χ0n) is 18.0. The second-order valence-electron chi connectivity index (χ2n) is 7.60. The Balaban J connectivity index is 1.60. The van der Waals surface area contributed by atoms with Gasteiger partial charge in [0.2, 0.25) is 0 Å². The summed E-state index contributed by atoms with van der Waals surface area (Å²) in [5.74, 6) is -1.04. The fourth-order valence-corrected chi connectivity index (χ4v) is 3.96. The predicted octanol–water partition coefficient (Wildman–Crippen LogP) is 6.73. The van der Waals surface area contributed by atoms with Crippen molar-refractivity contribution in [1.82, 2.24) is 4.98 Å². The lowest BCUT2D eigenvalue weighted by Crippen LogP contribution is -2.21. The van der Waals surface area contributed by atoms with Gasteiger partial charge >= 0.3 is 5.97 Å². The molecule has 0 aliphatic heterocycles. The number of hydrogen-bond donors (Lipinski definition) is 1. The van der Waals surface area contributed by atoms with Crippen molar-refractivity contribution < 1.29 is 14.3 Å². The quantitative estimate of drug-likeness (QED) is 0.295. The van der Waals surface area contributed by atoms with E-state index in [2.05, 4.69) is 21.2 Å². The predicted molar refractivity (Wildman–Crippen MR) is 135 cm³/mol. The second kappa shape index (κ2) is 9.73. The number of para-hydroxylation sites is 1.